The van der Waals surface area contributed by atoms with E-state index < -0.39 is 6.10 Å². The molecule has 6 heteroatoms. The maximum Gasteiger partial charge on any atom is 0.334 e. The average molecular weight is 450 g/mol. The molecule has 0 radical (unpaired) electrons. The molecule has 5 rings (SSSR count). The number of ether oxygens (including phenoxy) is 1. The number of carbonyl (C=O) groups excluding carboxylic acids is 1. The number of nitrogens with zero attached hydrogens (tertiary/aromatic N) is 3. The Morgan fingerprint density at radius 2 is 1.58 bits per heavy atom. The molecule has 2 aromatic carbocycles. The Morgan fingerprint density at radius 1 is 0.909 bits per heavy atom. The van der Waals surface area contributed by atoms with Gasteiger partial charge in [0.15, 0.2) is 0 Å². The number of benzene rings is 2. The summed E-state index contributed by atoms with van der Waals surface area (Å²) in [7, 11) is 1.66. The Morgan fingerprint density at radius 3 is 2.21 bits per heavy atom. The van der Waals surface area contributed by atoms with Crippen molar-refractivity contribution in [2.75, 3.05) is 26.7 Å². The topological polar surface area (TPSA) is 56.3 Å². The largest absolute Gasteiger partial charge is 0.497 e. The van der Waals surface area contributed by atoms with E-state index in [0.717, 1.165) is 30.0 Å². The van der Waals surface area contributed by atoms with Crippen LogP contribution >= 0.6 is 0 Å². The lowest BCUT2D eigenvalue weighted by molar-refractivity contribution is -0.0184. The number of hydrogen-bond donors (Lipinski definition) is 1. The van der Waals surface area contributed by atoms with Crippen LogP contribution in [0, 0.1) is 11.8 Å². The van der Waals surface area contributed by atoms with Crippen molar-refractivity contribution in [1.82, 2.24) is 14.9 Å². The molecule has 0 unspecified atom stereocenters. The van der Waals surface area contributed by atoms with E-state index in [1.54, 1.807) is 7.11 Å². The fourth-order valence-corrected chi connectivity index (χ4v) is 4.78. The molecule has 2 amide bonds. The fraction of sp³-hybridized carbons (Fsp3) is 0.519. The van der Waals surface area contributed by atoms with Gasteiger partial charge in [0.2, 0.25) is 0 Å². The molecule has 0 bridgehead atoms. The number of methoxy groups -OCH3 is 1. The van der Waals surface area contributed by atoms with Crippen molar-refractivity contribution in [2.24, 2.45) is 11.8 Å². The molecule has 3 fully saturated rings. The van der Waals surface area contributed by atoms with Crippen LogP contribution in [0.1, 0.15) is 36.8 Å². The number of aliphatic hydroxyl groups is 1. The smallest absolute Gasteiger partial charge is 0.334 e. The van der Waals surface area contributed by atoms with Crippen LogP contribution in [-0.4, -0.2) is 64.9 Å². The summed E-state index contributed by atoms with van der Waals surface area (Å²) in [6, 6.07) is 18.1. The second-order valence-corrected chi connectivity index (χ2v) is 9.92. The zero-order chi connectivity index (χ0) is 22.8. The maximum absolute atomic E-state index is 14.0. The summed E-state index contributed by atoms with van der Waals surface area (Å²) in [5.74, 6) is 1.95. The van der Waals surface area contributed by atoms with E-state index >= 15 is 0 Å². The number of aliphatic hydroxyl groups excluding tert-OH is 1. The van der Waals surface area contributed by atoms with Crippen LogP contribution in [0.2, 0.25) is 0 Å². The van der Waals surface area contributed by atoms with Crippen molar-refractivity contribution < 1.29 is 14.6 Å². The van der Waals surface area contributed by atoms with E-state index in [-0.39, 0.29) is 12.1 Å². The Hall–Kier alpha value is -2.57. The number of rotatable bonds is 9. The molecule has 2 saturated carbocycles. The molecule has 176 valence electrons. The van der Waals surface area contributed by atoms with Gasteiger partial charge in [0.25, 0.3) is 0 Å². The van der Waals surface area contributed by atoms with Gasteiger partial charge in [-0.05, 0) is 67.2 Å². The Kier molecular flexibility index (Phi) is 6.56. The summed E-state index contributed by atoms with van der Waals surface area (Å²) >= 11 is 0. The van der Waals surface area contributed by atoms with Gasteiger partial charge in [-0.1, -0.05) is 42.5 Å². The Labute approximate surface area is 196 Å². The number of β-amino-alcohol motifs (C(OH)–C–C–N with tert-alkyl or cyclic N) is 1. The molecular weight excluding hydrogens is 414 g/mol. The molecule has 6 nitrogen and oxygen atoms in total. The summed E-state index contributed by atoms with van der Waals surface area (Å²) in [5.41, 5.74) is 2.26. The first-order valence-electron chi connectivity index (χ1n) is 12.3. The molecule has 0 spiro atoms. The SMILES string of the molecule is COc1ccc(CN2C[C@H](O)[C@H](Cc3ccccc3)N(CC3CC3)C(=O)N2CC2CC2)cc1. The minimum absolute atomic E-state index is 0.0554. The van der Waals surface area contributed by atoms with E-state index in [1.807, 2.05) is 52.4 Å². The number of hydrazine groups is 1. The average Bonchev–Trinajstić information content (AvgIpc) is 3.75. The molecule has 1 aliphatic heterocycles. The molecule has 0 aromatic heterocycles. The van der Waals surface area contributed by atoms with Crippen molar-refractivity contribution >= 4 is 6.03 Å². The molecule has 33 heavy (non-hydrogen) atoms. The summed E-state index contributed by atoms with van der Waals surface area (Å²) < 4.78 is 5.30. The van der Waals surface area contributed by atoms with Crippen LogP contribution in [0.15, 0.2) is 54.6 Å². The van der Waals surface area contributed by atoms with Gasteiger partial charge in [0.05, 0.1) is 19.3 Å². The van der Waals surface area contributed by atoms with E-state index in [4.69, 9.17) is 4.74 Å². The lowest BCUT2D eigenvalue weighted by atomic mass is 9.99. The van der Waals surface area contributed by atoms with Gasteiger partial charge in [-0.15, -0.1) is 0 Å². The van der Waals surface area contributed by atoms with Crippen molar-refractivity contribution in [3.63, 3.8) is 0 Å². The summed E-state index contributed by atoms with van der Waals surface area (Å²) in [6.07, 6.45) is 4.77. The van der Waals surface area contributed by atoms with Crippen molar-refractivity contribution in [2.45, 2.75) is 50.8 Å². The van der Waals surface area contributed by atoms with Gasteiger partial charge >= 0.3 is 6.03 Å². The molecular formula is C27H35N3O3. The lowest BCUT2D eigenvalue weighted by Crippen LogP contribution is -2.52. The van der Waals surface area contributed by atoms with E-state index in [0.29, 0.717) is 31.3 Å². The highest BCUT2D eigenvalue weighted by Gasteiger charge is 2.43. The van der Waals surface area contributed by atoms with Gasteiger partial charge in [-0.25, -0.2) is 9.80 Å². The van der Waals surface area contributed by atoms with E-state index in [1.165, 1.54) is 25.7 Å². The van der Waals surface area contributed by atoms with Gasteiger partial charge in [0, 0.05) is 26.2 Å². The highest BCUT2D eigenvalue weighted by molar-refractivity contribution is 5.75. The summed E-state index contributed by atoms with van der Waals surface area (Å²) in [4.78, 5) is 16.0. The molecule has 2 aromatic rings. The van der Waals surface area contributed by atoms with Crippen LogP contribution in [0.5, 0.6) is 5.75 Å². The Balaban J connectivity index is 1.42. The molecule has 3 aliphatic rings. The monoisotopic (exact) mass is 449 g/mol. The summed E-state index contributed by atoms with van der Waals surface area (Å²) in [5, 5.41) is 15.5. The second-order valence-electron chi connectivity index (χ2n) is 9.92. The third-order valence-electron chi connectivity index (χ3n) is 7.14. The second kappa shape index (κ2) is 9.74. The summed E-state index contributed by atoms with van der Waals surface area (Å²) in [6.45, 7) is 2.52. The van der Waals surface area contributed by atoms with Crippen molar-refractivity contribution in [3.8, 4) is 5.75 Å². The van der Waals surface area contributed by atoms with Gasteiger partial charge < -0.3 is 14.7 Å². The Bertz CT molecular complexity index is 927. The minimum atomic E-state index is -0.615. The first-order valence-corrected chi connectivity index (χ1v) is 12.3. The highest BCUT2D eigenvalue weighted by atomic mass is 16.5. The molecule has 2 atom stereocenters. The van der Waals surface area contributed by atoms with E-state index in [9.17, 15) is 9.90 Å². The highest BCUT2D eigenvalue weighted by Crippen LogP contribution is 2.35. The van der Waals surface area contributed by atoms with Crippen LogP contribution < -0.4 is 4.74 Å². The number of carbonyl (C=O) groups is 1. The van der Waals surface area contributed by atoms with Crippen LogP contribution in [-0.2, 0) is 13.0 Å². The number of hydrogen-bond acceptors (Lipinski definition) is 4. The first kappa shape index (κ1) is 22.2. The zero-order valence-corrected chi connectivity index (χ0v) is 19.5. The number of amides is 2. The normalized spacial score (nSPS) is 24.1. The van der Waals surface area contributed by atoms with Crippen molar-refractivity contribution in [3.05, 3.63) is 65.7 Å². The molecule has 1 heterocycles. The van der Waals surface area contributed by atoms with E-state index in [2.05, 4.69) is 17.1 Å². The third-order valence-corrected chi connectivity index (χ3v) is 7.14. The maximum atomic E-state index is 14.0. The fourth-order valence-electron chi connectivity index (χ4n) is 4.78. The number of urea groups is 1. The lowest BCUT2D eigenvalue weighted by Gasteiger charge is -2.36. The third kappa shape index (κ3) is 5.50. The van der Waals surface area contributed by atoms with Crippen LogP contribution in [0.3, 0.4) is 0 Å². The zero-order valence-electron chi connectivity index (χ0n) is 19.5. The van der Waals surface area contributed by atoms with Crippen LogP contribution in [0.25, 0.3) is 0 Å². The predicted octanol–water partition coefficient (Wildman–Crippen LogP) is 3.94. The molecule has 1 saturated heterocycles. The van der Waals surface area contributed by atoms with Gasteiger partial charge in [-0.3, -0.25) is 5.01 Å². The predicted molar refractivity (Wildman–Crippen MR) is 128 cm³/mol. The van der Waals surface area contributed by atoms with Crippen molar-refractivity contribution in [1.29, 1.82) is 0 Å². The van der Waals surface area contributed by atoms with Crippen LogP contribution in [0.4, 0.5) is 4.79 Å². The first-order chi connectivity index (χ1) is 16.1. The van der Waals surface area contributed by atoms with Gasteiger partial charge in [-0.2, -0.15) is 0 Å². The molecule has 2 aliphatic carbocycles. The van der Waals surface area contributed by atoms with Gasteiger partial charge in [0.1, 0.15) is 5.75 Å². The standard InChI is InChI=1S/C27H35N3O3/c1-33-24-13-11-21(12-14-24)16-28-19-26(31)25(15-20-5-3-2-4-6-20)29(17-22-7-8-22)27(32)30(28)18-23-9-10-23/h2-6,11-14,22-23,25-26,31H,7-10,15-19H2,1H3/t25-,26-/m0/s1. The molecule has 1 N–H and O–H groups in total. The quantitative estimate of drug-likeness (QED) is 0.630. The minimum Gasteiger partial charge on any atom is -0.497 e.